The van der Waals surface area contributed by atoms with Gasteiger partial charge in [-0.25, -0.2) is 0 Å². The normalized spacial score (nSPS) is 10.7. The first-order valence-electron chi connectivity index (χ1n) is 8.75. The first-order valence-corrected chi connectivity index (χ1v) is 8.75. The Morgan fingerprint density at radius 3 is 2.13 bits per heavy atom. The van der Waals surface area contributed by atoms with E-state index in [4.69, 9.17) is 4.74 Å². The Bertz CT molecular complexity index is 462. The molecule has 130 valence electrons. The van der Waals surface area contributed by atoms with Crippen LogP contribution >= 0.6 is 0 Å². The SMILES string of the molecule is CCCCCCCCCCCCOc1ccc(O)cc1[N+](=O)[O-]. The van der Waals surface area contributed by atoms with Gasteiger partial charge in [-0.3, -0.25) is 10.1 Å². The monoisotopic (exact) mass is 323 g/mol. The molecule has 0 unspecified atom stereocenters. The van der Waals surface area contributed by atoms with Gasteiger partial charge in [0.25, 0.3) is 0 Å². The molecule has 5 heteroatoms. The van der Waals surface area contributed by atoms with Gasteiger partial charge in [-0.15, -0.1) is 0 Å². The van der Waals surface area contributed by atoms with Crippen molar-refractivity contribution in [1.29, 1.82) is 0 Å². The van der Waals surface area contributed by atoms with Crippen molar-refractivity contribution < 1.29 is 14.8 Å². The lowest BCUT2D eigenvalue weighted by molar-refractivity contribution is -0.385. The Balaban J connectivity index is 2.08. The van der Waals surface area contributed by atoms with Gasteiger partial charge in [-0.1, -0.05) is 64.7 Å². The van der Waals surface area contributed by atoms with Crippen LogP contribution in [0.25, 0.3) is 0 Å². The van der Waals surface area contributed by atoms with E-state index in [9.17, 15) is 15.2 Å². The standard InChI is InChI=1S/C18H29NO4/c1-2-3-4-5-6-7-8-9-10-11-14-23-18-13-12-16(20)15-17(18)19(21)22/h12-13,15,20H,2-11,14H2,1H3. The fourth-order valence-electron chi connectivity index (χ4n) is 2.54. The summed E-state index contributed by atoms with van der Waals surface area (Å²) in [6.07, 6.45) is 12.4. The lowest BCUT2D eigenvalue weighted by atomic mass is 10.1. The Morgan fingerprint density at radius 2 is 1.57 bits per heavy atom. The predicted molar refractivity (Wildman–Crippen MR) is 92.1 cm³/mol. The zero-order valence-electron chi connectivity index (χ0n) is 14.1. The van der Waals surface area contributed by atoms with E-state index in [1.165, 1.54) is 63.5 Å². The summed E-state index contributed by atoms with van der Waals surface area (Å²) < 4.78 is 5.47. The molecule has 0 heterocycles. The van der Waals surface area contributed by atoms with Gasteiger partial charge in [0, 0.05) is 0 Å². The number of nitro benzene ring substituents is 1. The highest BCUT2D eigenvalue weighted by Gasteiger charge is 2.15. The van der Waals surface area contributed by atoms with Gasteiger partial charge in [-0.05, 0) is 18.6 Å². The van der Waals surface area contributed by atoms with Crippen LogP contribution in [-0.4, -0.2) is 16.6 Å². The predicted octanol–water partition coefficient (Wildman–Crippen LogP) is 5.60. The number of hydrogen-bond acceptors (Lipinski definition) is 4. The third-order valence-corrected chi connectivity index (χ3v) is 3.89. The van der Waals surface area contributed by atoms with Crippen LogP contribution in [0.5, 0.6) is 11.5 Å². The van der Waals surface area contributed by atoms with Gasteiger partial charge in [-0.2, -0.15) is 0 Å². The molecule has 1 N–H and O–H groups in total. The van der Waals surface area contributed by atoms with Crippen molar-refractivity contribution in [2.75, 3.05) is 6.61 Å². The molecule has 0 radical (unpaired) electrons. The highest BCUT2D eigenvalue weighted by Crippen LogP contribution is 2.30. The molecular weight excluding hydrogens is 294 g/mol. The fourth-order valence-corrected chi connectivity index (χ4v) is 2.54. The van der Waals surface area contributed by atoms with E-state index in [1.54, 1.807) is 0 Å². The zero-order valence-corrected chi connectivity index (χ0v) is 14.1. The summed E-state index contributed by atoms with van der Waals surface area (Å²) >= 11 is 0. The van der Waals surface area contributed by atoms with E-state index in [1.807, 2.05) is 0 Å². The molecule has 0 saturated heterocycles. The van der Waals surface area contributed by atoms with Crippen LogP contribution < -0.4 is 4.74 Å². The van der Waals surface area contributed by atoms with Crippen LogP contribution in [0.2, 0.25) is 0 Å². The van der Waals surface area contributed by atoms with Crippen LogP contribution in [-0.2, 0) is 0 Å². The number of ether oxygens (including phenoxy) is 1. The Labute approximate surface area is 138 Å². The van der Waals surface area contributed by atoms with Gasteiger partial charge in [0.05, 0.1) is 17.6 Å². The Kier molecular flexibility index (Phi) is 9.84. The molecule has 1 rings (SSSR count). The Hall–Kier alpha value is -1.78. The maximum Gasteiger partial charge on any atom is 0.314 e. The molecular formula is C18H29NO4. The van der Waals surface area contributed by atoms with Crippen molar-refractivity contribution in [2.24, 2.45) is 0 Å². The quantitative estimate of drug-likeness (QED) is 0.291. The van der Waals surface area contributed by atoms with Crippen molar-refractivity contribution in [1.82, 2.24) is 0 Å². The summed E-state index contributed by atoms with van der Waals surface area (Å²) in [5, 5.41) is 20.2. The van der Waals surface area contributed by atoms with E-state index >= 15 is 0 Å². The summed E-state index contributed by atoms with van der Waals surface area (Å²) in [5.74, 6) is 0.103. The lowest BCUT2D eigenvalue weighted by Crippen LogP contribution is -2.00. The molecule has 0 atom stereocenters. The number of benzene rings is 1. The minimum absolute atomic E-state index is 0.122. The number of hydrogen-bond donors (Lipinski definition) is 1. The molecule has 0 aliphatic carbocycles. The number of aromatic hydroxyl groups is 1. The van der Waals surface area contributed by atoms with E-state index < -0.39 is 4.92 Å². The van der Waals surface area contributed by atoms with Gasteiger partial charge >= 0.3 is 5.69 Å². The minimum atomic E-state index is -0.534. The zero-order chi connectivity index (χ0) is 16.9. The topological polar surface area (TPSA) is 72.6 Å². The molecule has 0 amide bonds. The number of nitro groups is 1. The van der Waals surface area contributed by atoms with E-state index in [2.05, 4.69) is 6.92 Å². The second-order valence-electron chi connectivity index (χ2n) is 5.94. The molecule has 1 aromatic carbocycles. The van der Waals surface area contributed by atoms with Crippen LogP contribution in [0.1, 0.15) is 71.1 Å². The van der Waals surface area contributed by atoms with Crippen molar-refractivity contribution >= 4 is 5.69 Å². The van der Waals surface area contributed by atoms with Gasteiger partial charge in [0.2, 0.25) is 0 Å². The summed E-state index contributed by atoms with van der Waals surface area (Å²) in [6.45, 7) is 2.71. The highest BCUT2D eigenvalue weighted by molar-refractivity contribution is 5.50. The molecule has 0 saturated carbocycles. The minimum Gasteiger partial charge on any atom is -0.508 e. The summed E-state index contributed by atoms with van der Waals surface area (Å²) in [4.78, 5) is 10.4. The lowest BCUT2D eigenvalue weighted by Gasteiger charge is -2.07. The van der Waals surface area contributed by atoms with E-state index in [0.717, 1.165) is 18.9 Å². The fraction of sp³-hybridized carbons (Fsp3) is 0.667. The molecule has 0 spiro atoms. The summed E-state index contributed by atoms with van der Waals surface area (Å²) in [6, 6.07) is 3.97. The molecule has 23 heavy (non-hydrogen) atoms. The number of rotatable bonds is 13. The second kappa shape index (κ2) is 11.7. The van der Waals surface area contributed by atoms with Crippen molar-refractivity contribution in [2.45, 2.75) is 71.1 Å². The summed E-state index contributed by atoms with van der Waals surface area (Å²) in [5.41, 5.74) is -0.183. The molecule has 0 aromatic heterocycles. The van der Waals surface area contributed by atoms with Gasteiger partial charge in [0.15, 0.2) is 5.75 Å². The van der Waals surface area contributed by atoms with Crippen molar-refractivity contribution in [3.8, 4) is 11.5 Å². The van der Waals surface area contributed by atoms with Crippen LogP contribution in [0.15, 0.2) is 18.2 Å². The van der Waals surface area contributed by atoms with Crippen molar-refractivity contribution in [3.05, 3.63) is 28.3 Å². The average molecular weight is 323 g/mol. The number of phenols is 1. The summed E-state index contributed by atoms with van der Waals surface area (Å²) in [7, 11) is 0. The number of phenolic OH excluding ortho intramolecular Hbond substituents is 1. The smallest absolute Gasteiger partial charge is 0.314 e. The number of unbranched alkanes of at least 4 members (excludes halogenated alkanes) is 9. The molecule has 0 bridgehead atoms. The first-order chi connectivity index (χ1) is 11.1. The second-order valence-corrected chi connectivity index (χ2v) is 5.94. The van der Waals surface area contributed by atoms with E-state index in [-0.39, 0.29) is 17.2 Å². The molecule has 1 aromatic rings. The largest absolute Gasteiger partial charge is 0.508 e. The van der Waals surface area contributed by atoms with Gasteiger partial charge < -0.3 is 9.84 Å². The maximum atomic E-state index is 10.9. The van der Waals surface area contributed by atoms with Crippen molar-refractivity contribution in [3.63, 3.8) is 0 Å². The van der Waals surface area contributed by atoms with E-state index in [0.29, 0.717) is 6.61 Å². The van der Waals surface area contributed by atoms with Crippen LogP contribution in [0.3, 0.4) is 0 Å². The average Bonchev–Trinajstić information content (AvgIpc) is 2.53. The molecule has 5 nitrogen and oxygen atoms in total. The Morgan fingerprint density at radius 1 is 1.00 bits per heavy atom. The third kappa shape index (κ3) is 8.43. The van der Waals surface area contributed by atoms with Crippen LogP contribution in [0.4, 0.5) is 5.69 Å². The highest BCUT2D eigenvalue weighted by atomic mass is 16.6. The maximum absolute atomic E-state index is 10.9. The first kappa shape index (κ1) is 19.3. The molecule has 0 aliphatic rings. The third-order valence-electron chi connectivity index (χ3n) is 3.89. The molecule has 0 aliphatic heterocycles. The molecule has 0 fully saturated rings. The van der Waals surface area contributed by atoms with Gasteiger partial charge in [0.1, 0.15) is 5.75 Å². The number of nitrogens with zero attached hydrogens (tertiary/aromatic N) is 1. The van der Waals surface area contributed by atoms with Crippen LogP contribution in [0, 0.1) is 10.1 Å².